The van der Waals surface area contributed by atoms with Gasteiger partial charge < -0.3 is 19.5 Å². The number of carbonyl (C=O) groups is 1. The molecule has 1 N–H and O–H groups in total. The average molecular weight is 436 g/mol. The molecule has 1 amide bonds. The Morgan fingerprint density at radius 1 is 1.06 bits per heavy atom. The minimum atomic E-state index is -0.0586. The Bertz CT molecular complexity index is 1080. The molecule has 0 bridgehead atoms. The van der Waals surface area contributed by atoms with Crippen molar-refractivity contribution in [3.05, 3.63) is 71.0 Å². The summed E-state index contributed by atoms with van der Waals surface area (Å²) in [6, 6.07) is 15.9. The fourth-order valence-electron chi connectivity index (χ4n) is 3.98. The van der Waals surface area contributed by atoms with E-state index in [4.69, 9.17) is 14.2 Å². The molecular weight excluding hydrogens is 406 g/mol. The van der Waals surface area contributed by atoms with Crippen LogP contribution in [0.5, 0.6) is 17.2 Å². The van der Waals surface area contributed by atoms with Crippen LogP contribution in [-0.2, 0) is 24.2 Å². The fraction of sp³-hybridized carbons (Fsp3) is 0.360. The third-order valence-corrected chi connectivity index (χ3v) is 5.58. The number of fused-ring (bicyclic) bond motifs is 1. The minimum Gasteiger partial charge on any atom is -0.497 e. The summed E-state index contributed by atoms with van der Waals surface area (Å²) in [6.45, 7) is 4.77. The van der Waals surface area contributed by atoms with E-state index in [-0.39, 0.29) is 18.7 Å². The van der Waals surface area contributed by atoms with Crippen LogP contribution in [0.1, 0.15) is 28.9 Å². The second kappa shape index (κ2) is 9.77. The van der Waals surface area contributed by atoms with Gasteiger partial charge in [0.25, 0.3) is 0 Å². The Balaban J connectivity index is 1.44. The number of nitrogens with zero attached hydrogens (tertiary/aromatic N) is 2. The molecule has 1 aliphatic rings. The molecule has 3 aromatic rings. The summed E-state index contributed by atoms with van der Waals surface area (Å²) in [6.07, 6.45) is 1.78. The molecule has 0 fully saturated rings. The van der Waals surface area contributed by atoms with Crippen LogP contribution in [0.25, 0.3) is 0 Å². The van der Waals surface area contributed by atoms with Crippen molar-refractivity contribution in [3.8, 4) is 17.2 Å². The SMILES string of the molecule is COc1ccc(CC(Cc2ccc3c(c2)OCO3)NC(=O)CCn2nc(C)cc2C)cc1. The number of amides is 1. The van der Waals surface area contributed by atoms with Gasteiger partial charge in [-0.05, 0) is 68.1 Å². The van der Waals surface area contributed by atoms with E-state index >= 15 is 0 Å². The fourth-order valence-corrected chi connectivity index (χ4v) is 3.98. The summed E-state index contributed by atoms with van der Waals surface area (Å²) in [5, 5.41) is 7.67. The second-order valence-corrected chi connectivity index (χ2v) is 8.11. The standard InChI is InChI=1S/C25H29N3O4/c1-17-12-18(2)28(27-17)11-10-25(29)26-21(13-19-4-7-22(30-3)8-5-19)14-20-6-9-23-24(15-20)32-16-31-23/h4-9,12,15,21H,10-11,13-14,16H2,1-3H3,(H,26,29). The molecule has 0 saturated carbocycles. The van der Waals surface area contributed by atoms with Crippen molar-refractivity contribution in [2.75, 3.05) is 13.9 Å². The number of ether oxygens (including phenoxy) is 3. The van der Waals surface area contributed by atoms with E-state index < -0.39 is 0 Å². The molecule has 0 saturated heterocycles. The first-order valence-electron chi connectivity index (χ1n) is 10.8. The molecular formula is C25H29N3O4. The predicted molar refractivity (Wildman–Crippen MR) is 121 cm³/mol. The van der Waals surface area contributed by atoms with E-state index in [1.165, 1.54) is 0 Å². The normalized spacial score (nSPS) is 13.1. The Kier molecular flexibility index (Phi) is 6.63. The van der Waals surface area contributed by atoms with Crippen LogP contribution in [0.3, 0.4) is 0 Å². The monoisotopic (exact) mass is 435 g/mol. The topological polar surface area (TPSA) is 74.6 Å². The number of benzene rings is 2. The summed E-state index contributed by atoms with van der Waals surface area (Å²) < 4.78 is 18.1. The van der Waals surface area contributed by atoms with Crippen LogP contribution in [0.4, 0.5) is 0 Å². The minimum absolute atomic E-state index is 0.0109. The number of methoxy groups -OCH3 is 1. The molecule has 7 nitrogen and oxygen atoms in total. The zero-order valence-corrected chi connectivity index (χ0v) is 18.8. The lowest BCUT2D eigenvalue weighted by atomic mass is 9.98. The zero-order valence-electron chi connectivity index (χ0n) is 18.8. The van der Waals surface area contributed by atoms with Crippen molar-refractivity contribution in [2.24, 2.45) is 0 Å². The van der Waals surface area contributed by atoms with Gasteiger partial charge in [0, 0.05) is 24.7 Å². The molecule has 1 unspecified atom stereocenters. The molecule has 4 rings (SSSR count). The quantitative estimate of drug-likeness (QED) is 0.556. The smallest absolute Gasteiger partial charge is 0.231 e. The van der Waals surface area contributed by atoms with E-state index in [2.05, 4.69) is 10.4 Å². The summed E-state index contributed by atoms with van der Waals surface area (Å²) in [5.74, 6) is 2.34. The molecule has 1 aromatic heterocycles. The maximum Gasteiger partial charge on any atom is 0.231 e. The van der Waals surface area contributed by atoms with Gasteiger partial charge >= 0.3 is 0 Å². The molecule has 0 radical (unpaired) electrons. The molecule has 2 aromatic carbocycles. The van der Waals surface area contributed by atoms with Gasteiger partial charge in [-0.2, -0.15) is 5.10 Å². The summed E-state index contributed by atoms with van der Waals surface area (Å²) in [7, 11) is 1.65. The van der Waals surface area contributed by atoms with Crippen molar-refractivity contribution in [1.82, 2.24) is 15.1 Å². The molecule has 2 heterocycles. The average Bonchev–Trinajstić information content (AvgIpc) is 3.37. The van der Waals surface area contributed by atoms with Crippen LogP contribution in [0, 0.1) is 13.8 Å². The second-order valence-electron chi connectivity index (χ2n) is 8.11. The molecule has 32 heavy (non-hydrogen) atoms. The van der Waals surface area contributed by atoms with Crippen molar-refractivity contribution < 1.29 is 19.0 Å². The first-order valence-corrected chi connectivity index (χ1v) is 10.8. The van der Waals surface area contributed by atoms with E-state index in [9.17, 15) is 4.79 Å². The third kappa shape index (κ3) is 5.41. The van der Waals surface area contributed by atoms with Gasteiger partial charge in [-0.15, -0.1) is 0 Å². The molecule has 168 valence electrons. The van der Waals surface area contributed by atoms with Crippen molar-refractivity contribution >= 4 is 5.91 Å². The predicted octanol–water partition coefficient (Wildman–Crippen LogP) is 3.60. The highest BCUT2D eigenvalue weighted by Crippen LogP contribution is 2.33. The van der Waals surface area contributed by atoms with E-state index in [1.54, 1.807) is 7.11 Å². The molecule has 1 aliphatic heterocycles. The van der Waals surface area contributed by atoms with Crippen molar-refractivity contribution in [3.63, 3.8) is 0 Å². The van der Waals surface area contributed by atoms with Gasteiger partial charge in [0.15, 0.2) is 11.5 Å². The Morgan fingerprint density at radius 2 is 1.78 bits per heavy atom. The highest BCUT2D eigenvalue weighted by molar-refractivity contribution is 5.76. The van der Waals surface area contributed by atoms with E-state index in [0.717, 1.165) is 39.8 Å². The zero-order chi connectivity index (χ0) is 22.5. The van der Waals surface area contributed by atoms with E-state index in [0.29, 0.717) is 25.8 Å². The van der Waals surface area contributed by atoms with Gasteiger partial charge in [-0.25, -0.2) is 0 Å². The third-order valence-electron chi connectivity index (χ3n) is 5.58. The molecule has 1 atom stereocenters. The number of aryl methyl sites for hydroxylation is 3. The van der Waals surface area contributed by atoms with Crippen molar-refractivity contribution in [1.29, 1.82) is 0 Å². The number of hydrogen-bond donors (Lipinski definition) is 1. The maximum atomic E-state index is 12.8. The van der Waals surface area contributed by atoms with E-state index in [1.807, 2.05) is 67.1 Å². The Labute approximate surface area is 188 Å². The molecule has 7 heteroatoms. The molecule has 0 aliphatic carbocycles. The van der Waals surface area contributed by atoms with Gasteiger partial charge in [0.2, 0.25) is 12.7 Å². The van der Waals surface area contributed by atoms with Crippen LogP contribution >= 0.6 is 0 Å². The summed E-state index contributed by atoms with van der Waals surface area (Å²) in [4.78, 5) is 12.8. The van der Waals surface area contributed by atoms with Gasteiger partial charge in [0.1, 0.15) is 5.75 Å². The number of nitrogens with one attached hydrogen (secondary N) is 1. The first kappa shape index (κ1) is 21.7. The number of aromatic nitrogens is 2. The lowest BCUT2D eigenvalue weighted by molar-refractivity contribution is -0.122. The van der Waals surface area contributed by atoms with Crippen LogP contribution in [0.15, 0.2) is 48.5 Å². The lowest BCUT2D eigenvalue weighted by Crippen LogP contribution is -2.38. The molecule has 0 spiro atoms. The van der Waals surface area contributed by atoms with Gasteiger partial charge in [0.05, 0.1) is 12.8 Å². The summed E-state index contributed by atoms with van der Waals surface area (Å²) in [5.41, 5.74) is 4.25. The largest absolute Gasteiger partial charge is 0.497 e. The number of rotatable bonds is 9. The number of carbonyl (C=O) groups excluding carboxylic acids is 1. The highest BCUT2D eigenvalue weighted by atomic mass is 16.7. The van der Waals surface area contributed by atoms with Crippen LogP contribution in [0.2, 0.25) is 0 Å². The van der Waals surface area contributed by atoms with Crippen LogP contribution < -0.4 is 19.5 Å². The Morgan fingerprint density at radius 3 is 2.50 bits per heavy atom. The van der Waals surface area contributed by atoms with Crippen molar-refractivity contribution in [2.45, 2.75) is 45.7 Å². The van der Waals surface area contributed by atoms with Gasteiger partial charge in [-0.1, -0.05) is 18.2 Å². The summed E-state index contributed by atoms with van der Waals surface area (Å²) >= 11 is 0. The first-order chi connectivity index (χ1) is 15.5. The lowest BCUT2D eigenvalue weighted by Gasteiger charge is -2.20. The Hall–Kier alpha value is -3.48. The highest BCUT2D eigenvalue weighted by Gasteiger charge is 2.18. The van der Waals surface area contributed by atoms with Gasteiger partial charge in [-0.3, -0.25) is 9.48 Å². The number of hydrogen-bond acceptors (Lipinski definition) is 5. The maximum absolute atomic E-state index is 12.8. The van der Waals surface area contributed by atoms with Crippen LogP contribution in [-0.4, -0.2) is 35.6 Å².